The van der Waals surface area contributed by atoms with Crippen molar-refractivity contribution in [2.24, 2.45) is 0 Å². The van der Waals surface area contributed by atoms with E-state index in [-0.39, 0.29) is 11.9 Å². The minimum absolute atomic E-state index is 0.0307. The lowest BCUT2D eigenvalue weighted by Crippen LogP contribution is -2.53. The predicted molar refractivity (Wildman–Crippen MR) is 133 cm³/mol. The number of carboxylic acid groups (broad SMARTS) is 1. The van der Waals surface area contributed by atoms with Crippen molar-refractivity contribution >= 4 is 11.9 Å². The summed E-state index contributed by atoms with van der Waals surface area (Å²) in [6, 6.07) is 24.4. The number of methoxy groups -OCH3 is 1. The zero-order valence-electron chi connectivity index (χ0n) is 19.8. The smallest absolute Gasteiger partial charge is 0.313 e. The number of carbonyl (C=O) groups excluding carboxylic acids is 1. The number of ether oxygens (including phenoxy) is 1. The fourth-order valence-corrected chi connectivity index (χ4v) is 5.57. The van der Waals surface area contributed by atoms with Gasteiger partial charge < -0.3 is 14.7 Å². The number of fused-ring (bicyclic) bond motifs is 1. The molecule has 0 aliphatic carbocycles. The van der Waals surface area contributed by atoms with Crippen LogP contribution in [0.5, 0.6) is 5.75 Å². The molecule has 2 atom stereocenters. The van der Waals surface area contributed by atoms with Crippen LogP contribution in [0.1, 0.15) is 51.8 Å². The van der Waals surface area contributed by atoms with Gasteiger partial charge >= 0.3 is 5.97 Å². The predicted octanol–water partition coefficient (Wildman–Crippen LogP) is 4.73. The largest absolute Gasteiger partial charge is 0.497 e. The number of likely N-dealkylation sites (tertiary alicyclic amines) is 1. The van der Waals surface area contributed by atoms with Crippen LogP contribution >= 0.6 is 0 Å². The number of carboxylic acids is 1. The molecule has 6 nitrogen and oxygen atoms in total. The van der Waals surface area contributed by atoms with Crippen LogP contribution in [-0.4, -0.2) is 53.0 Å². The number of benzene rings is 3. The third-order valence-electron chi connectivity index (χ3n) is 7.30. The normalized spacial score (nSPS) is 20.9. The molecule has 2 aliphatic heterocycles. The lowest BCUT2D eigenvalue weighted by molar-refractivity contribution is -0.141. The van der Waals surface area contributed by atoms with E-state index in [4.69, 9.17) is 4.74 Å². The highest BCUT2D eigenvalue weighted by atomic mass is 16.5. The van der Waals surface area contributed by atoms with Gasteiger partial charge in [-0.1, -0.05) is 60.7 Å². The fourth-order valence-electron chi connectivity index (χ4n) is 5.57. The van der Waals surface area contributed by atoms with Gasteiger partial charge in [0, 0.05) is 31.2 Å². The Kier molecular flexibility index (Phi) is 6.55. The van der Waals surface area contributed by atoms with Crippen molar-refractivity contribution in [2.75, 3.05) is 20.2 Å². The molecule has 2 aliphatic rings. The molecule has 5 rings (SSSR count). The van der Waals surface area contributed by atoms with Crippen LogP contribution in [0.15, 0.2) is 78.9 Å². The third kappa shape index (κ3) is 4.54. The zero-order chi connectivity index (χ0) is 24.4. The zero-order valence-corrected chi connectivity index (χ0v) is 19.8. The first kappa shape index (κ1) is 23.1. The summed E-state index contributed by atoms with van der Waals surface area (Å²) >= 11 is 0. The topological polar surface area (TPSA) is 70.1 Å². The highest BCUT2D eigenvalue weighted by Crippen LogP contribution is 2.45. The molecule has 0 spiro atoms. The first-order chi connectivity index (χ1) is 17.1. The van der Waals surface area contributed by atoms with Gasteiger partial charge in [-0.3, -0.25) is 14.5 Å². The molecule has 0 radical (unpaired) electrons. The van der Waals surface area contributed by atoms with Crippen LogP contribution in [0, 0.1) is 0 Å². The molecule has 0 saturated carbocycles. The lowest BCUT2D eigenvalue weighted by atomic mass is 9.78. The molecule has 1 amide bonds. The van der Waals surface area contributed by atoms with Crippen LogP contribution in [0.25, 0.3) is 0 Å². The highest BCUT2D eigenvalue weighted by Gasteiger charge is 2.47. The Hall–Kier alpha value is -3.64. The number of hydrogen-bond acceptors (Lipinski definition) is 4. The molecule has 0 bridgehead atoms. The minimum atomic E-state index is -0.919. The van der Waals surface area contributed by atoms with E-state index in [9.17, 15) is 14.7 Å². The van der Waals surface area contributed by atoms with Gasteiger partial charge in [-0.15, -0.1) is 0 Å². The van der Waals surface area contributed by atoms with E-state index in [1.807, 2.05) is 47.4 Å². The summed E-state index contributed by atoms with van der Waals surface area (Å²) in [7, 11) is 1.60. The summed E-state index contributed by atoms with van der Waals surface area (Å²) in [6.07, 6.45) is 1.61. The van der Waals surface area contributed by atoms with Crippen molar-refractivity contribution < 1.29 is 19.4 Å². The van der Waals surface area contributed by atoms with E-state index in [2.05, 4.69) is 29.2 Å². The average Bonchev–Trinajstić information content (AvgIpc) is 2.90. The molecule has 2 heterocycles. The van der Waals surface area contributed by atoms with Gasteiger partial charge in [0.25, 0.3) is 5.91 Å². The summed E-state index contributed by atoms with van der Waals surface area (Å²) in [6.45, 7) is 2.60. The lowest BCUT2D eigenvalue weighted by Gasteiger charge is -2.47. The van der Waals surface area contributed by atoms with E-state index in [0.717, 1.165) is 38.0 Å². The van der Waals surface area contributed by atoms with E-state index in [1.165, 1.54) is 5.56 Å². The fraction of sp³-hybridized carbons (Fsp3) is 0.310. The molecular formula is C29H30N2O4. The molecule has 6 heteroatoms. The Morgan fingerprint density at radius 1 is 0.943 bits per heavy atom. The van der Waals surface area contributed by atoms with E-state index >= 15 is 0 Å². The second-order valence-corrected chi connectivity index (χ2v) is 9.33. The Bertz CT molecular complexity index is 1190. The molecular weight excluding hydrogens is 440 g/mol. The van der Waals surface area contributed by atoms with Crippen molar-refractivity contribution in [3.8, 4) is 5.75 Å². The summed E-state index contributed by atoms with van der Waals surface area (Å²) in [4.78, 5) is 30.8. The van der Waals surface area contributed by atoms with E-state index < -0.39 is 17.9 Å². The maximum Gasteiger partial charge on any atom is 0.313 e. The molecule has 1 N–H and O–H groups in total. The number of carbonyl (C=O) groups is 2. The van der Waals surface area contributed by atoms with Crippen LogP contribution in [0.2, 0.25) is 0 Å². The van der Waals surface area contributed by atoms with Crippen LogP contribution in [-0.2, 0) is 11.3 Å². The third-order valence-corrected chi connectivity index (χ3v) is 7.30. The van der Waals surface area contributed by atoms with Gasteiger partial charge in [0.15, 0.2) is 0 Å². The maximum atomic E-state index is 13.9. The minimum Gasteiger partial charge on any atom is -0.497 e. The molecule has 0 unspecified atom stereocenters. The monoisotopic (exact) mass is 470 g/mol. The molecule has 3 aromatic rings. The molecule has 35 heavy (non-hydrogen) atoms. The van der Waals surface area contributed by atoms with Crippen LogP contribution < -0.4 is 4.74 Å². The number of piperidine rings is 1. The second kappa shape index (κ2) is 9.92. The number of nitrogens with zero attached hydrogens (tertiary/aromatic N) is 2. The maximum absolute atomic E-state index is 13.9. The van der Waals surface area contributed by atoms with E-state index in [1.54, 1.807) is 19.2 Å². The Labute approximate surface area is 205 Å². The highest BCUT2D eigenvalue weighted by molar-refractivity contribution is 6.00. The number of aliphatic carboxylic acids is 1. The SMILES string of the molecule is COc1ccc([C@@H]2[C@H](C(=O)O)c3ccccc3C(=O)N2C2CCN(Cc3ccccc3)CC2)cc1. The van der Waals surface area contributed by atoms with Crippen LogP contribution in [0.4, 0.5) is 0 Å². The Morgan fingerprint density at radius 3 is 2.26 bits per heavy atom. The molecule has 3 aromatic carbocycles. The standard InChI is InChI=1S/C29H30N2O4/c1-35-23-13-11-21(12-14-23)27-26(29(33)34)24-9-5-6-10-25(24)28(32)31(27)22-15-17-30(18-16-22)19-20-7-3-2-4-8-20/h2-14,22,26-27H,15-19H2,1H3,(H,33,34)/t26-,27-/m1/s1. The van der Waals surface area contributed by atoms with Gasteiger partial charge in [-0.2, -0.15) is 0 Å². The van der Waals surface area contributed by atoms with Gasteiger partial charge in [-0.05, 0) is 47.7 Å². The molecule has 1 saturated heterocycles. The Balaban J connectivity index is 1.47. The molecule has 1 fully saturated rings. The number of hydrogen-bond donors (Lipinski definition) is 1. The number of rotatable bonds is 6. The van der Waals surface area contributed by atoms with Crippen molar-refractivity contribution in [1.29, 1.82) is 0 Å². The van der Waals surface area contributed by atoms with Crippen LogP contribution in [0.3, 0.4) is 0 Å². The molecule has 180 valence electrons. The van der Waals surface area contributed by atoms with Gasteiger partial charge in [0.05, 0.1) is 13.2 Å². The summed E-state index contributed by atoms with van der Waals surface area (Å²) < 4.78 is 5.31. The number of amides is 1. The Morgan fingerprint density at radius 2 is 1.60 bits per heavy atom. The molecule has 0 aromatic heterocycles. The second-order valence-electron chi connectivity index (χ2n) is 9.33. The van der Waals surface area contributed by atoms with Crippen molar-refractivity contribution in [3.63, 3.8) is 0 Å². The van der Waals surface area contributed by atoms with Crippen molar-refractivity contribution in [2.45, 2.75) is 37.4 Å². The summed E-state index contributed by atoms with van der Waals surface area (Å²) in [5, 5.41) is 10.4. The summed E-state index contributed by atoms with van der Waals surface area (Å²) in [5.74, 6) is -1.14. The van der Waals surface area contributed by atoms with Crippen molar-refractivity contribution in [3.05, 3.63) is 101 Å². The first-order valence-corrected chi connectivity index (χ1v) is 12.1. The van der Waals surface area contributed by atoms with Gasteiger partial charge in [0.2, 0.25) is 0 Å². The van der Waals surface area contributed by atoms with Gasteiger partial charge in [0.1, 0.15) is 11.7 Å². The summed E-state index contributed by atoms with van der Waals surface area (Å²) in [5.41, 5.74) is 3.17. The average molecular weight is 471 g/mol. The quantitative estimate of drug-likeness (QED) is 0.564. The van der Waals surface area contributed by atoms with Crippen molar-refractivity contribution in [1.82, 2.24) is 9.80 Å². The van der Waals surface area contributed by atoms with Gasteiger partial charge in [-0.25, -0.2) is 0 Å². The first-order valence-electron chi connectivity index (χ1n) is 12.1. The van der Waals surface area contributed by atoms with E-state index in [0.29, 0.717) is 16.9 Å².